The molecular formula is C6H10N4O2. The Morgan fingerprint density at radius 1 is 1.00 bits per heavy atom. The van der Waals surface area contributed by atoms with Gasteiger partial charge in [0.25, 0.3) is 0 Å². The molecule has 0 aromatic carbocycles. The molecule has 6 heteroatoms. The Kier molecular flexibility index (Phi) is 5.16. The van der Waals surface area contributed by atoms with E-state index in [4.69, 9.17) is 0 Å². The fourth-order valence-electron chi connectivity index (χ4n) is 0.408. The molecule has 0 aliphatic rings. The third-order valence-electron chi connectivity index (χ3n) is 1.09. The van der Waals surface area contributed by atoms with Crippen molar-refractivity contribution in [1.82, 2.24) is 10.9 Å². The molecule has 2 amide bonds. The fourth-order valence-corrected chi connectivity index (χ4v) is 0.408. The summed E-state index contributed by atoms with van der Waals surface area (Å²) >= 11 is 0. The van der Waals surface area contributed by atoms with Crippen LogP contribution >= 0.6 is 0 Å². The molecule has 0 unspecified atom stereocenters. The van der Waals surface area contributed by atoms with E-state index < -0.39 is 0 Å². The lowest BCUT2D eigenvalue weighted by Gasteiger charge is -1.96. The highest BCUT2D eigenvalue weighted by molar-refractivity contribution is 6.40. The SMILES string of the molecule is CC(=N\NC=O)/C(C)=N/NC=O. The van der Waals surface area contributed by atoms with Gasteiger partial charge in [0.05, 0.1) is 11.4 Å². The maximum absolute atomic E-state index is 9.82. The normalized spacial score (nSPS) is 12.2. The van der Waals surface area contributed by atoms with Gasteiger partial charge in [-0.1, -0.05) is 0 Å². The molecule has 0 heterocycles. The topological polar surface area (TPSA) is 82.9 Å². The van der Waals surface area contributed by atoms with Crippen LogP contribution in [0.4, 0.5) is 0 Å². The third-order valence-corrected chi connectivity index (χ3v) is 1.09. The van der Waals surface area contributed by atoms with E-state index >= 15 is 0 Å². The lowest BCUT2D eigenvalue weighted by molar-refractivity contribution is -0.110. The first-order valence-electron chi connectivity index (χ1n) is 3.19. The van der Waals surface area contributed by atoms with E-state index in [1.54, 1.807) is 13.8 Å². The molecule has 12 heavy (non-hydrogen) atoms. The summed E-state index contributed by atoms with van der Waals surface area (Å²) in [5.41, 5.74) is 5.28. The molecule has 0 radical (unpaired) electrons. The van der Waals surface area contributed by atoms with Gasteiger partial charge in [0.15, 0.2) is 0 Å². The maximum Gasteiger partial charge on any atom is 0.227 e. The van der Waals surface area contributed by atoms with Crippen molar-refractivity contribution in [2.45, 2.75) is 13.8 Å². The third kappa shape index (κ3) is 4.15. The summed E-state index contributed by atoms with van der Waals surface area (Å²) in [7, 11) is 0. The van der Waals surface area contributed by atoms with Gasteiger partial charge in [0, 0.05) is 0 Å². The average Bonchev–Trinajstić information content (AvgIpc) is 2.10. The zero-order chi connectivity index (χ0) is 9.40. The average molecular weight is 170 g/mol. The van der Waals surface area contributed by atoms with Crippen LogP contribution in [0.2, 0.25) is 0 Å². The van der Waals surface area contributed by atoms with Gasteiger partial charge in [-0.15, -0.1) is 0 Å². The number of carbonyl (C=O) groups is 2. The highest BCUT2D eigenvalue weighted by Crippen LogP contribution is 1.79. The largest absolute Gasteiger partial charge is 0.277 e. The molecule has 0 aromatic rings. The minimum Gasteiger partial charge on any atom is -0.277 e. The van der Waals surface area contributed by atoms with Crippen LogP contribution in [0.1, 0.15) is 13.8 Å². The Bertz CT molecular complexity index is 198. The number of hydrogen-bond donors (Lipinski definition) is 2. The predicted octanol–water partition coefficient (Wildman–Crippen LogP) is -0.770. The Morgan fingerprint density at radius 3 is 1.58 bits per heavy atom. The minimum absolute atomic E-state index is 0.448. The lowest BCUT2D eigenvalue weighted by atomic mass is 10.3. The highest BCUT2D eigenvalue weighted by Gasteiger charge is 1.94. The van der Waals surface area contributed by atoms with Crippen molar-refractivity contribution < 1.29 is 9.59 Å². The monoisotopic (exact) mass is 170 g/mol. The summed E-state index contributed by atoms with van der Waals surface area (Å²) in [6.07, 6.45) is 0.897. The van der Waals surface area contributed by atoms with Crippen LogP contribution in [-0.2, 0) is 9.59 Å². The van der Waals surface area contributed by atoms with Crippen molar-refractivity contribution in [2.75, 3.05) is 0 Å². The van der Waals surface area contributed by atoms with Crippen molar-refractivity contribution in [2.24, 2.45) is 10.2 Å². The molecule has 0 aromatic heterocycles. The maximum atomic E-state index is 9.82. The molecular weight excluding hydrogens is 160 g/mol. The van der Waals surface area contributed by atoms with Crippen LogP contribution in [0.25, 0.3) is 0 Å². The number of rotatable bonds is 5. The van der Waals surface area contributed by atoms with E-state index in [9.17, 15) is 9.59 Å². The molecule has 0 saturated heterocycles. The van der Waals surface area contributed by atoms with Gasteiger partial charge in [0.1, 0.15) is 0 Å². The summed E-state index contributed by atoms with van der Waals surface area (Å²) in [4.78, 5) is 19.6. The highest BCUT2D eigenvalue weighted by atomic mass is 16.1. The standard InChI is InChI=1S/C6H10N4O2/c1-5(9-7-3-11)6(2)10-8-4-12/h3-4H,1-2H3,(H,7,11)(H,8,12)/b9-5+,10-6+. The van der Waals surface area contributed by atoms with Crippen LogP contribution in [-0.4, -0.2) is 24.2 Å². The second kappa shape index (κ2) is 6.02. The summed E-state index contributed by atoms with van der Waals surface area (Å²) in [5.74, 6) is 0. The number of amides is 2. The summed E-state index contributed by atoms with van der Waals surface area (Å²) < 4.78 is 0. The fraction of sp³-hybridized carbons (Fsp3) is 0.333. The number of nitrogens with zero attached hydrogens (tertiary/aromatic N) is 2. The van der Waals surface area contributed by atoms with E-state index in [1.165, 1.54) is 0 Å². The van der Waals surface area contributed by atoms with Gasteiger partial charge in [-0.05, 0) is 13.8 Å². The molecule has 0 aliphatic heterocycles. The summed E-state index contributed by atoms with van der Waals surface area (Å²) in [6.45, 7) is 3.31. The molecule has 0 rings (SSSR count). The lowest BCUT2D eigenvalue weighted by Crippen LogP contribution is -2.15. The first-order valence-corrected chi connectivity index (χ1v) is 3.19. The molecule has 0 spiro atoms. The first-order chi connectivity index (χ1) is 5.72. The number of carbonyl (C=O) groups excluding carboxylic acids is 2. The minimum atomic E-state index is 0.448. The van der Waals surface area contributed by atoms with Crippen LogP contribution in [0.15, 0.2) is 10.2 Å². The van der Waals surface area contributed by atoms with E-state index in [0.29, 0.717) is 24.2 Å². The Morgan fingerprint density at radius 2 is 1.33 bits per heavy atom. The van der Waals surface area contributed by atoms with Crippen LogP contribution < -0.4 is 10.9 Å². The van der Waals surface area contributed by atoms with E-state index in [2.05, 4.69) is 21.1 Å². The van der Waals surface area contributed by atoms with Crippen LogP contribution in [0, 0.1) is 0 Å². The zero-order valence-electron chi connectivity index (χ0n) is 6.87. The van der Waals surface area contributed by atoms with Crippen molar-refractivity contribution >= 4 is 24.2 Å². The van der Waals surface area contributed by atoms with Crippen molar-refractivity contribution in [3.05, 3.63) is 0 Å². The molecule has 2 N–H and O–H groups in total. The molecule has 0 bridgehead atoms. The van der Waals surface area contributed by atoms with Gasteiger partial charge in [-0.3, -0.25) is 9.59 Å². The zero-order valence-corrected chi connectivity index (χ0v) is 6.87. The predicted molar refractivity (Wildman–Crippen MR) is 44.6 cm³/mol. The van der Waals surface area contributed by atoms with Crippen LogP contribution in [0.5, 0.6) is 0 Å². The van der Waals surface area contributed by atoms with E-state index in [1.807, 2.05) is 0 Å². The Hall–Kier alpha value is -1.72. The summed E-state index contributed by atoms with van der Waals surface area (Å²) in [6, 6.07) is 0. The first kappa shape index (κ1) is 10.3. The van der Waals surface area contributed by atoms with Crippen molar-refractivity contribution in [1.29, 1.82) is 0 Å². The van der Waals surface area contributed by atoms with Crippen LogP contribution in [0.3, 0.4) is 0 Å². The van der Waals surface area contributed by atoms with Gasteiger partial charge >= 0.3 is 0 Å². The van der Waals surface area contributed by atoms with Crippen molar-refractivity contribution in [3.63, 3.8) is 0 Å². The van der Waals surface area contributed by atoms with Crippen molar-refractivity contribution in [3.8, 4) is 0 Å². The van der Waals surface area contributed by atoms with Gasteiger partial charge in [-0.25, -0.2) is 10.9 Å². The summed E-state index contributed by atoms with van der Waals surface area (Å²) in [5, 5.41) is 7.21. The smallest absolute Gasteiger partial charge is 0.227 e. The molecule has 0 atom stereocenters. The number of hydrazone groups is 2. The molecule has 66 valence electrons. The second-order valence-electron chi connectivity index (χ2n) is 1.89. The second-order valence-corrected chi connectivity index (χ2v) is 1.89. The Labute approximate surface area is 69.7 Å². The molecule has 0 saturated carbocycles. The number of nitrogens with one attached hydrogen (secondary N) is 2. The van der Waals surface area contributed by atoms with Gasteiger partial charge < -0.3 is 0 Å². The Balaban J connectivity index is 4.15. The number of hydrogen-bond acceptors (Lipinski definition) is 4. The van der Waals surface area contributed by atoms with E-state index in [-0.39, 0.29) is 0 Å². The quantitative estimate of drug-likeness (QED) is 0.322. The molecule has 0 fully saturated rings. The van der Waals surface area contributed by atoms with E-state index in [0.717, 1.165) is 0 Å². The van der Waals surface area contributed by atoms with Gasteiger partial charge in [0.2, 0.25) is 12.8 Å². The molecule has 0 aliphatic carbocycles. The van der Waals surface area contributed by atoms with Gasteiger partial charge in [-0.2, -0.15) is 10.2 Å². The molecule has 6 nitrogen and oxygen atoms in total.